The molecule has 80 heavy (non-hydrogen) atoms. The van der Waals surface area contributed by atoms with Crippen LogP contribution in [0.5, 0.6) is 0 Å². The van der Waals surface area contributed by atoms with Crippen LogP contribution in [0.25, 0.3) is 21.6 Å². The van der Waals surface area contributed by atoms with Gasteiger partial charge in [0.25, 0.3) is 11.8 Å². The van der Waals surface area contributed by atoms with E-state index in [-0.39, 0.29) is 22.6 Å². The maximum atomic E-state index is 15.8. The number of fused-ring (bicyclic) bond motifs is 3. The molecule has 0 saturated carbocycles. The predicted molar refractivity (Wildman–Crippen MR) is 351 cm³/mol. The quantitative estimate of drug-likeness (QED) is 0.0488. The number of nitrogens with zero attached hydrogens (tertiary/aromatic N) is 2. The Kier molecular flexibility index (Phi) is 26.5. The summed E-state index contributed by atoms with van der Waals surface area (Å²) in [7, 11) is 0. The second-order valence-corrected chi connectivity index (χ2v) is 29.2. The van der Waals surface area contributed by atoms with Gasteiger partial charge in [-0.05, 0) is 102 Å². The van der Waals surface area contributed by atoms with Crippen LogP contribution < -0.4 is 20.2 Å². The zero-order chi connectivity index (χ0) is 56.7. The minimum absolute atomic E-state index is 0.0349. The fraction of sp³-hybridized carbons (Fsp3) is 0.676. The highest BCUT2D eigenvalue weighted by atomic mass is 32.1. The summed E-state index contributed by atoms with van der Waals surface area (Å²) in [4.78, 5) is 40.7. The van der Waals surface area contributed by atoms with E-state index in [0.717, 1.165) is 68.6 Å². The molecule has 5 heterocycles. The molecule has 1 unspecified atom stereocenters. The smallest absolute Gasteiger partial charge is 0.260 e. The van der Waals surface area contributed by atoms with Gasteiger partial charge in [0.15, 0.2) is 0 Å². The van der Waals surface area contributed by atoms with Gasteiger partial charge in [-0.3, -0.25) is 9.59 Å². The Bertz CT molecular complexity index is 2590. The number of anilines is 2. The number of amides is 2. The number of rotatable bonds is 30. The summed E-state index contributed by atoms with van der Waals surface area (Å²) >= 11 is 3.61. The summed E-state index contributed by atoms with van der Waals surface area (Å²) in [6.07, 6.45) is 46.3. The van der Waals surface area contributed by atoms with Crippen LogP contribution >= 0.6 is 22.7 Å². The molecule has 0 N–H and O–H groups in total. The molecule has 0 saturated heterocycles. The number of hydrogen-bond donors (Lipinski definition) is 0. The Labute approximate surface area is 497 Å². The molecular formula is C74H112N2O2S2. The van der Waals surface area contributed by atoms with Crippen molar-refractivity contribution < 1.29 is 9.59 Å². The summed E-state index contributed by atoms with van der Waals surface area (Å²) < 4.78 is 0. The number of carbonyl (C=O) groups excluding carboxylic acids is 2. The second kappa shape index (κ2) is 33.1. The summed E-state index contributed by atoms with van der Waals surface area (Å²) in [6.45, 7) is 20.1. The molecule has 0 aliphatic carbocycles. The van der Waals surface area contributed by atoms with E-state index in [2.05, 4.69) is 126 Å². The second-order valence-electron chi connectivity index (χ2n) is 27.0. The monoisotopic (exact) mass is 1120 g/mol. The van der Waals surface area contributed by atoms with Gasteiger partial charge in [0.05, 0.1) is 22.5 Å². The molecule has 442 valence electrons. The van der Waals surface area contributed by atoms with Crippen LogP contribution in [-0.4, -0.2) is 24.9 Å². The molecule has 2 aromatic carbocycles. The highest BCUT2D eigenvalue weighted by Gasteiger charge is 2.38. The molecule has 3 aliphatic heterocycles. The molecule has 7 rings (SSSR count). The minimum Gasteiger partial charge on any atom is -0.307 e. The molecule has 4 aromatic rings. The third kappa shape index (κ3) is 18.5. The molecule has 6 heteroatoms. The van der Waals surface area contributed by atoms with Crippen molar-refractivity contribution in [3.63, 3.8) is 0 Å². The lowest BCUT2D eigenvalue weighted by Crippen LogP contribution is -2.35. The lowest BCUT2D eigenvalue weighted by molar-refractivity contribution is -0.114. The Morgan fingerprint density at radius 1 is 0.525 bits per heavy atom. The Morgan fingerprint density at radius 2 is 1.00 bits per heavy atom. The lowest BCUT2D eigenvalue weighted by Gasteiger charge is -2.27. The topological polar surface area (TPSA) is 40.6 Å². The standard InChI is InChI=1S/C74H112N2O2S2/c1-9-12-15-18-21-26-31-36-41-58(42-37-32-27-22-19-16-13-10-2)56-76-64-53-61-63-54-62(64)70(72(76)78)67-50-51-68(80-67)74(7,8)52-39-34-29-24-23-28-33-38-43-57(40-35-30-25-20-17-14-11-3)55-75(63)71(77)69(61)66-49-48-65(79-66)59-44-46-60(47-45-59)73(4,5)6/h44-51,53-54,57-58H,9-43,52,55-56H2,1-8H3. The van der Waals surface area contributed by atoms with Gasteiger partial charge < -0.3 is 9.80 Å². The summed E-state index contributed by atoms with van der Waals surface area (Å²) in [5.41, 5.74) is 6.35. The normalized spacial score (nSPS) is 17.3. The van der Waals surface area contributed by atoms with E-state index in [0.29, 0.717) is 11.8 Å². The van der Waals surface area contributed by atoms with Crippen LogP contribution in [0.15, 0.2) is 60.7 Å². The third-order valence-corrected chi connectivity index (χ3v) is 21.4. The average Bonchev–Trinajstić information content (AvgIpc) is 4.25. The van der Waals surface area contributed by atoms with Crippen molar-refractivity contribution in [2.75, 3.05) is 22.9 Å². The van der Waals surface area contributed by atoms with Crippen LogP contribution in [0, 0.1) is 11.8 Å². The van der Waals surface area contributed by atoms with E-state index in [1.165, 1.54) is 239 Å². The number of thiophene rings is 2. The number of benzene rings is 2. The summed E-state index contributed by atoms with van der Waals surface area (Å²) in [6, 6.07) is 22.8. The van der Waals surface area contributed by atoms with E-state index < -0.39 is 0 Å². The van der Waals surface area contributed by atoms with Gasteiger partial charge >= 0.3 is 0 Å². The molecule has 0 fully saturated rings. The van der Waals surface area contributed by atoms with Crippen molar-refractivity contribution in [1.29, 1.82) is 0 Å². The van der Waals surface area contributed by atoms with E-state index in [4.69, 9.17) is 0 Å². The first-order valence-corrected chi connectivity index (χ1v) is 35.4. The van der Waals surface area contributed by atoms with E-state index in [1.54, 1.807) is 11.3 Å². The molecule has 4 nitrogen and oxygen atoms in total. The number of unbranched alkanes of at least 4 members (excludes halogenated alkanes) is 20. The van der Waals surface area contributed by atoms with Gasteiger partial charge in [0.2, 0.25) is 0 Å². The van der Waals surface area contributed by atoms with E-state index in [1.807, 2.05) is 11.3 Å². The summed E-state index contributed by atoms with van der Waals surface area (Å²) in [5, 5.41) is 2.06. The average molecular weight is 1130 g/mol. The molecule has 2 amide bonds. The van der Waals surface area contributed by atoms with Crippen molar-refractivity contribution in [3.8, 4) is 10.4 Å². The fourth-order valence-electron chi connectivity index (χ4n) is 13.5. The van der Waals surface area contributed by atoms with Crippen molar-refractivity contribution >= 4 is 57.0 Å². The molecule has 4 bridgehead atoms. The van der Waals surface area contributed by atoms with Gasteiger partial charge in [0, 0.05) is 43.0 Å². The molecule has 0 spiro atoms. The van der Waals surface area contributed by atoms with Gasteiger partial charge in [-0.2, -0.15) is 0 Å². The largest absolute Gasteiger partial charge is 0.307 e. The Morgan fingerprint density at radius 3 is 1.59 bits per heavy atom. The molecule has 3 aliphatic rings. The van der Waals surface area contributed by atoms with Crippen LogP contribution in [0.2, 0.25) is 0 Å². The number of carbonyl (C=O) groups is 2. The third-order valence-electron chi connectivity index (χ3n) is 18.8. The zero-order valence-corrected chi connectivity index (χ0v) is 54.0. The highest BCUT2D eigenvalue weighted by molar-refractivity contribution is 7.17. The first-order chi connectivity index (χ1) is 38.8. The van der Waals surface area contributed by atoms with Crippen molar-refractivity contribution in [3.05, 3.63) is 91.3 Å². The molecule has 2 aromatic heterocycles. The fourth-order valence-corrected chi connectivity index (χ4v) is 15.7. The maximum absolute atomic E-state index is 15.8. The summed E-state index contributed by atoms with van der Waals surface area (Å²) in [5.74, 6) is 1.17. The van der Waals surface area contributed by atoms with Crippen LogP contribution in [0.4, 0.5) is 11.4 Å². The molecule has 0 radical (unpaired) electrons. The van der Waals surface area contributed by atoms with Gasteiger partial charge in [0.1, 0.15) is 0 Å². The van der Waals surface area contributed by atoms with Crippen molar-refractivity contribution in [2.24, 2.45) is 11.8 Å². The number of hydrogen-bond acceptors (Lipinski definition) is 4. The van der Waals surface area contributed by atoms with Crippen LogP contribution in [0.3, 0.4) is 0 Å². The van der Waals surface area contributed by atoms with Gasteiger partial charge in [-0.15, -0.1) is 22.7 Å². The first kappa shape index (κ1) is 64.1. The SMILES string of the molecule is CCCCCCCCCCC(CCCCCCCCCC)CN1C(=O)C2=c3cc4c(cc31)=C(c1ccc(-c3ccc(C(C)(C)C)cc3)s1)C(=O)N4CC(CCCCCCCCC)CCCCCCCCCCC(C)(C)c1ccc2s1. The zero-order valence-electron chi connectivity index (χ0n) is 52.3. The van der Waals surface area contributed by atoms with Crippen LogP contribution in [0.1, 0.15) is 307 Å². The van der Waals surface area contributed by atoms with E-state index in [9.17, 15) is 0 Å². The predicted octanol–water partition coefficient (Wildman–Crippen LogP) is 21.5. The Hall–Kier alpha value is -3.48. The molecule has 1 atom stereocenters. The first-order valence-electron chi connectivity index (χ1n) is 33.7. The maximum Gasteiger partial charge on any atom is 0.260 e. The lowest BCUT2D eigenvalue weighted by atomic mass is 9.85. The highest BCUT2D eigenvalue weighted by Crippen LogP contribution is 2.41. The van der Waals surface area contributed by atoms with Crippen LogP contribution in [-0.2, 0) is 20.4 Å². The molecular weight excluding hydrogens is 1010 g/mol. The van der Waals surface area contributed by atoms with Gasteiger partial charge in [-0.25, -0.2) is 0 Å². The van der Waals surface area contributed by atoms with Crippen molar-refractivity contribution in [2.45, 2.75) is 297 Å². The van der Waals surface area contributed by atoms with E-state index >= 15 is 9.59 Å². The van der Waals surface area contributed by atoms with Crippen molar-refractivity contribution in [1.82, 2.24) is 0 Å². The van der Waals surface area contributed by atoms with Gasteiger partial charge in [-0.1, -0.05) is 279 Å². The minimum atomic E-state index is 0.0349. The Balaban J connectivity index is 1.31.